The van der Waals surface area contributed by atoms with Gasteiger partial charge in [0.2, 0.25) is 0 Å². The van der Waals surface area contributed by atoms with Gasteiger partial charge in [-0.1, -0.05) is 48.5 Å². The lowest BCUT2D eigenvalue weighted by Crippen LogP contribution is -2.49. The quantitative estimate of drug-likeness (QED) is 0.375. The van der Waals surface area contributed by atoms with Crippen LogP contribution >= 0.6 is 22.6 Å². The van der Waals surface area contributed by atoms with Crippen molar-refractivity contribution in [2.24, 2.45) is 0 Å². The van der Waals surface area contributed by atoms with E-state index in [4.69, 9.17) is 4.74 Å². The van der Waals surface area contributed by atoms with Crippen LogP contribution in [0, 0.1) is 24.3 Å². The minimum absolute atomic E-state index is 0.0389. The molecule has 0 unspecified atom stereocenters. The maximum Gasteiger partial charge on any atom is 0.409 e. The number of benzene rings is 3. The molecule has 3 aromatic carbocycles. The van der Waals surface area contributed by atoms with Crippen molar-refractivity contribution in [3.05, 3.63) is 85.5 Å². The number of hydrogen-bond acceptors (Lipinski definition) is 4. The number of nitrogens with zero attached hydrogens (tertiary/aromatic N) is 2. The Hall–Kier alpha value is -3.07. The van der Waals surface area contributed by atoms with Crippen LogP contribution in [0.3, 0.4) is 0 Å². The van der Waals surface area contributed by atoms with Crippen LogP contribution in [0.4, 0.5) is 10.5 Å². The van der Waals surface area contributed by atoms with E-state index in [2.05, 4.69) is 51.8 Å². The summed E-state index contributed by atoms with van der Waals surface area (Å²) in [5.74, 6) is -0.863. The van der Waals surface area contributed by atoms with Crippen molar-refractivity contribution >= 4 is 40.3 Å². The molecule has 2 aliphatic rings. The zero-order chi connectivity index (χ0) is 25.6. The number of amides is 1. The first-order valence-corrected chi connectivity index (χ1v) is 13.2. The molecule has 6 nitrogen and oxygen atoms in total. The van der Waals surface area contributed by atoms with Gasteiger partial charge < -0.3 is 19.6 Å². The molecule has 0 bridgehead atoms. The molecule has 1 fully saturated rings. The minimum Gasteiger partial charge on any atom is -0.478 e. The van der Waals surface area contributed by atoms with E-state index in [1.165, 1.54) is 22.3 Å². The highest BCUT2D eigenvalue weighted by molar-refractivity contribution is 14.1. The molecule has 1 N–H and O–H groups in total. The molecule has 1 heterocycles. The Morgan fingerprint density at radius 1 is 0.889 bits per heavy atom. The maximum atomic E-state index is 13.0. The number of halogens is 1. The lowest BCUT2D eigenvalue weighted by Gasteiger charge is -2.38. The van der Waals surface area contributed by atoms with Gasteiger partial charge in [-0.15, -0.1) is 0 Å². The van der Waals surface area contributed by atoms with Gasteiger partial charge in [-0.2, -0.15) is 0 Å². The van der Waals surface area contributed by atoms with Gasteiger partial charge in [0.25, 0.3) is 0 Å². The Morgan fingerprint density at radius 3 is 2.00 bits per heavy atom. The molecule has 1 aliphatic heterocycles. The highest BCUT2D eigenvalue weighted by atomic mass is 127. The van der Waals surface area contributed by atoms with Gasteiger partial charge in [-0.25, -0.2) is 9.59 Å². The standard InChI is InChI=1S/C29H29IN2O4/c1-17-25(28(33)34)18(2)27(19(3)26(17)30)31-12-14-32(15-13-31)29(35)36-16-24-22-10-6-4-8-20(22)21-9-5-7-11-23(21)24/h4-11,24H,12-16H2,1-3H3,(H,33,34). The second-order valence-corrected chi connectivity index (χ2v) is 10.6. The Morgan fingerprint density at radius 2 is 1.44 bits per heavy atom. The fraction of sp³-hybridized carbons (Fsp3) is 0.310. The molecule has 0 saturated carbocycles. The van der Waals surface area contributed by atoms with Gasteiger partial charge in [0.15, 0.2) is 0 Å². The third-order valence-electron chi connectivity index (χ3n) is 7.52. The topological polar surface area (TPSA) is 70.1 Å². The predicted molar refractivity (Wildman–Crippen MR) is 149 cm³/mol. The molecule has 0 radical (unpaired) electrons. The van der Waals surface area contributed by atoms with Crippen molar-refractivity contribution in [3.8, 4) is 11.1 Å². The third kappa shape index (κ3) is 4.13. The van der Waals surface area contributed by atoms with E-state index in [9.17, 15) is 14.7 Å². The summed E-state index contributed by atoms with van der Waals surface area (Å²) in [6.45, 7) is 8.42. The lowest BCUT2D eigenvalue weighted by atomic mass is 9.96. The van der Waals surface area contributed by atoms with Crippen molar-refractivity contribution in [3.63, 3.8) is 0 Å². The van der Waals surface area contributed by atoms with Crippen LogP contribution in [0.1, 0.15) is 44.1 Å². The first kappa shape index (κ1) is 24.6. The number of piperazine rings is 1. The van der Waals surface area contributed by atoms with E-state index < -0.39 is 5.97 Å². The summed E-state index contributed by atoms with van der Waals surface area (Å²) >= 11 is 2.24. The van der Waals surface area contributed by atoms with Crippen molar-refractivity contribution in [2.75, 3.05) is 37.7 Å². The molecule has 5 rings (SSSR count). The first-order chi connectivity index (χ1) is 17.3. The molecule has 7 heteroatoms. The summed E-state index contributed by atoms with van der Waals surface area (Å²) in [7, 11) is 0. The van der Waals surface area contributed by atoms with E-state index in [1.54, 1.807) is 4.90 Å². The Kier molecular flexibility index (Phi) is 6.68. The smallest absolute Gasteiger partial charge is 0.409 e. The van der Waals surface area contributed by atoms with Crippen LogP contribution in [-0.4, -0.2) is 54.9 Å². The number of hydrogen-bond donors (Lipinski definition) is 1. The predicted octanol–water partition coefficient (Wildman–Crippen LogP) is 5.99. The molecule has 0 atom stereocenters. The number of anilines is 1. The van der Waals surface area contributed by atoms with Crippen LogP contribution in [0.5, 0.6) is 0 Å². The molecular weight excluding hydrogens is 567 g/mol. The zero-order valence-electron chi connectivity index (χ0n) is 20.7. The highest BCUT2D eigenvalue weighted by Gasteiger charge is 2.31. The Labute approximate surface area is 225 Å². The van der Waals surface area contributed by atoms with Crippen molar-refractivity contribution in [1.82, 2.24) is 4.90 Å². The molecule has 1 aliphatic carbocycles. The monoisotopic (exact) mass is 596 g/mol. The first-order valence-electron chi connectivity index (χ1n) is 12.2. The Balaban J connectivity index is 1.27. The molecule has 0 spiro atoms. The average Bonchev–Trinajstić information content (AvgIpc) is 3.20. The van der Waals surface area contributed by atoms with E-state index in [0.29, 0.717) is 38.3 Å². The van der Waals surface area contributed by atoms with Crippen LogP contribution in [0.25, 0.3) is 11.1 Å². The van der Waals surface area contributed by atoms with Crippen LogP contribution in [-0.2, 0) is 4.74 Å². The third-order valence-corrected chi connectivity index (χ3v) is 9.14. The zero-order valence-corrected chi connectivity index (χ0v) is 22.8. The van der Waals surface area contributed by atoms with Crippen LogP contribution in [0.15, 0.2) is 48.5 Å². The van der Waals surface area contributed by atoms with Gasteiger partial charge in [0.05, 0.1) is 5.56 Å². The molecule has 3 aromatic rings. The van der Waals surface area contributed by atoms with E-state index in [-0.39, 0.29) is 12.0 Å². The number of carboxylic acids is 1. The molecular formula is C29H29IN2O4. The largest absolute Gasteiger partial charge is 0.478 e. The average molecular weight is 596 g/mol. The second kappa shape index (κ2) is 9.76. The number of ether oxygens (including phenoxy) is 1. The molecule has 1 saturated heterocycles. The summed E-state index contributed by atoms with van der Waals surface area (Å²) in [4.78, 5) is 28.9. The summed E-state index contributed by atoms with van der Waals surface area (Å²) in [5, 5.41) is 9.78. The number of aromatic carboxylic acids is 1. The SMILES string of the molecule is Cc1c(I)c(C)c(N2CCN(C(=O)OCC3c4ccccc4-c4ccccc43)CC2)c(C)c1C(=O)O. The van der Waals surface area contributed by atoms with E-state index >= 15 is 0 Å². The van der Waals surface area contributed by atoms with Crippen molar-refractivity contribution in [1.29, 1.82) is 0 Å². The summed E-state index contributed by atoms with van der Waals surface area (Å²) in [6, 6.07) is 16.6. The Bertz CT molecular complexity index is 1320. The number of carbonyl (C=O) groups is 2. The van der Waals surface area contributed by atoms with E-state index in [0.717, 1.165) is 25.9 Å². The molecule has 0 aromatic heterocycles. The summed E-state index contributed by atoms with van der Waals surface area (Å²) in [6.07, 6.45) is -0.297. The van der Waals surface area contributed by atoms with Gasteiger partial charge >= 0.3 is 12.1 Å². The van der Waals surface area contributed by atoms with Gasteiger partial charge in [0, 0.05) is 41.4 Å². The van der Waals surface area contributed by atoms with Gasteiger partial charge in [-0.05, 0) is 82.3 Å². The number of carboxylic acid groups (broad SMARTS) is 1. The minimum atomic E-state index is -0.901. The number of rotatable bonds is 4. The fourth-order valence-corrected chi connectivity index (χ4v) is 6.29. The van der Waals surface area contributed by atoms with E-state index in [1.807, 2.05) is 45.0 Å². The summed E-state index contributed by atoms with van der Waals surface area (Å²) in [5.41, 5.74) is 8.84. The number of fused-ring (bicyclic) bond motifs is 3. The second-order valence-electron chi connectivity index (χ2n) is 9.50. The number of carbonyl (C=O) groups excluding carboxylic acids is 1. The van der Waals surface area contributed by atoms with Crippen molar-refractivity contribution in [2.45, 2.75) is 26.7 Å². The normalized spacial score (nSPS) is 15.0. The molecule has 36 heavy (non-hydrogen) atoms. The molecule has 186 valence electrons. The van der Waals surface area contributed by atoms with Crippen LogP contribution in [0.2, 0.25) is 0 Å². The van der Waals surface area contributed by atoms with Gasteiger partial charge in [-0.3, -0.25) is 0 Å². The lowest BCUT2D eigenvalue weighted by molar-refractivity contribution is 0.0695. The van der Waals surface area contributed by atoms with Crippen LogP contribution < -0.4 is 4.90 Å². The maximum absolute atomic E-state index is 13.0. The summed E-state index contributed by atoms with van der Waals surface area (Å²) < 4.78 is 6.82. The molecule has 1 amide bonds. The van der Waals surface area contributed by atoms with Gasteiger partial charge in [0.1, 0.15) is 6.61 Å². The van der Waals surface area contributed by atoms with Crippen molar-refractivity contribution < 1.29 is 19.4 Å². The fourth-order valence-electron chi connectivity index (χ4n) is 5.77. The highest BCUT2D eigenvalue weighted by Crippen LogP contribution is 2.44.